The number of esters is 1. The summed E-state index contributed by atoms with van der Waals surface area (Å²) in [4.78, 5) is 28.0. The van der Waals surface area contributed by atoms with E-state index >= 15 is 0 Å². The molecule has 0 amide bonds. The highest BCUT2D eigenvalue weighted by Gasteiger charge is 1.98. The van der Waals surface area contributed by atoms with E-state index in [4.69, 9.17) is 24.5 Å². The molecule has 0 fully saturated rings. The summed E-state index contributed by atoms with van der Waals surface area (Å²) in [5.74, 6) is -0.184. The molecule has 0 atom stereocenters. The highest BCUT2D eigenvalue weighted by atomic mass is 16.6. The maximum atomic E-state index is 10.6. The molecule has 0 saturated heterocycles. The minimum absolute atomic E-state index is 0.184. The highest BCUT2D eigenvalue weighted by Crippen LogP contribution is 1.86. The SMILES string of the molecule is CC=O.CCOCCC(=O)OCC.O=C(O)O. The predicted molar refractivity (Wildman–Crippen MR) is 60.1 cm³/mol. The molecule has 102 valence electrons. The summed E-state index contributed by atoms with van der Waals surface area (Å²) in [5, 5.41) is 13.9. The van der Waals surface area contributed by atoms with Crippen molar-refractivity contribution in [3.63, 3.8) is 0 Å². The second-order valence-electron chi connectivity index (χ2n) is 2.27. The molecule has 0 aromatic heterocycles. The minimum Gasteiger partial charge on any atom is -0.466 e. The third-order valence-corrected chi connectivity index (χ3v) is 0.960. The second-order valence-corrected chi connectivity index (χ2v) is 2.27. The summed E-state index contributed by atoms with van der Waals surface area (Å²) < 4.78 is 9.62. The molecule has 0 heterocycles. The molecule has 0 unspecified atom stereocenters. The summed E-state index contributed by atoms with van der Waals surface area (Å²) >= 11 is 0. The van der Waals surface area contributed by atoms with Crippen LogP contribution in [0, 0.1) is 0 Å². The highest BCUT2D eigenvalue weighted by molar-refractivity contribution is 5.69. The molecule has 0 aliphatic rings. The van der Waals surface area contributed by atoms with Crippen molar-refractivity contribution >= 4 is 18.4 Å². The van der Waals surface area contributed by atoms with Crippen molar-refractivity contribution in [3.8, 4) is 0 Å². The fraction of sp³-hybridized carbons (Fsp3) is 0.700. The molecular formula is C10H20O7. The Hall–Kier alpha value is -1.63. The first-order valence-corrected chi connectivity index (χ1v) is 5.01. The lowest BCUT2D eigenvalue weighted by molar-refractivity contribution is -0.144. The normalized spacial score (nSPS) is 7.71. The van der Waals surface area contributed by atoms with Crippen molar-refractivity contribution in [1.82, 2.24) is 0 Å². The van der Waals surface area contributed by atoms with Gasteiger partial charge in [-0.1, -0.05) is 0 Å². The maximum Gasteiger partial charge on any atom is 0.503 e. The van der Waals surface area contributed by atoms with Crippen LogP contribution in [0.5, 0.6) is 0 Å². The van der Waals surface area contributed by atoms with E-state index in [0.717, 1.165) is 6.29 Å². The predicted octanol–water partition coefficient (Wildman–Crippen LogP) is 1.40. The second kappa shape index (κ2) is 19.9. The molecule has 0 spiro atoms. The Labute approximate surface area is 100 Å². The van der Waals surface area contributed by atoms with Gasteiger partial charge in [-0.2, -0.15) is 0 Å². The van der Waals surface area contributed by atoms with Gasteiger partial charge in [0.15, 0.2) is 0 Å². The van der Waals surface area contributed by atoms with Crippen molar-refractivity contribution < 1.29 is 34.1 Å². The average Bonchev–Trinajstić information content (AvgIpc) is 2.19. The van der Waals surface area contributed by atoms with Crippen molar-refractivity contribution in [2.75, 3.05) is 19.8 Å². The largest absolute Gasteiger partial charge is 0.503 e. The average molecular weight is 252 g/mol. The summed E-state index contributed by atoms with van der Waals surface area (Å²) in [5.41, 5.74) is 0. The van der Waals surface area contributed by atoms with E-state index < -0.39 is 6.16 Å². The van der Waals surface area contributed by atoms with Gasteiger partial charge in [-0.25, -0.2) is 4.79 Å². The van der Waals surface area contributed by atoms with E-state index in [9.17, 15) is 4.79 Å². The molecular weight excluding hydrogens is 232 g/mol. The van der Waals surface area contributed by atoms with Crippen molar-refractivity contribution in [1.29, 1.82) is 0 Å². The molecule has 7 nitrogen and oxygen atoms in total. The third kappa shape index (κ3) is 54.2. The number of hydrogen-bond donors (Lipinski definition) is 2. The van der Waals surface area contributed by atoms with E-state index in [1.807, 2.05) is 6.92 Å². The molecule has 17 heavy (non-hydrogen) atoms. The summed E-state index contributed by atoms with van der Waals surface area (Å²) in [6.45, 7) is 6.70. The lowest BCUT2D eigenvalue weighted by Gasteiger charge is -2.00. The molecule has 0 saturated carbocycles. The van der Waals surface area contributed by atoms with E-state index in [2.05, 4.69) is 4.74 Å². The van der Waals surface area contributed by atoms with Gasteiger partial charge in [0.1, 0.15) is 6.29 Å². The van der Waals surface area contributed by atoms with Gasteiger partial charge in [0.05, 0.1) is 19.6 Å². The van der Waals surface area contributed by atoms with Crippen LogP contribution in [0.4, 0.5) is 4.79 Å². The van der Waals surface area contributed by atoms with Crippen molar-refractivity contribution in [2.45, 2.75) is 27.2 Å². The van der Waals surface area contributed by atoms with Crippen LogP contribution in [0.25, 0.3) is 0 Å². The van der Waals surface area contributed by atoms with Crippen LogP contribution in [0.3, 0.4) is 0 Å². The minimum atomic E-state index is -1.83. The molecule has 0 aromatic carbocycles. The van der Waals surface area contributed by atoms with Crippen molar-refractivity contribution in [2.24, 2.45) is 0 Å². The topological polar surface area (TPSA) is 110 Å². The zero-order valence-corrected chi connectivity index (χ0v) is 10.3. The standard InChI is InChI=1S/C7H14O3.C2H4O.CH2O3/c1-3-9-6-5-7(8)10-4-2;1-2-3;2-1(3)4/h3-6H2,1-2H3;2H,1H3;(H2,2,3,4). The Balaban J connectivity index is -0.000000232. The third-order valence-electron chi connectivity index (χ3n) is 0.960. The molecule has 7 heteroatoms. The van der Waals surface area contributed by atoms with Crippen LogP contribution < -0.4 is 0 Å². The first kappa shape index (κ1) is 20.7. The molecule has 0 rings (SSSR count). The van der Waals surface area contributed by atoms with Gasteiger partial charge in [-0.15, -0.1) is 0 Å². The first-order valence-electron chi connectivity index (χ1n) is 5.01. The number of hydrogen-bond acceptors (Lipinski definition) is 5. The molecule has 0 aliphatic carbocycles. The smallest absolute Gasteiger partial charge is 0.466 e. The first-order chi connectivity index (χ1) is 7.95. The Morgan fingerprint density at radius 3 is 1.88 bits per heavy atom. The van der Waals surface area contributed by atoms with Crippen LogP contribution in [0.1, 0.15) is 27.2 Å². The van der Waals surface area contributed by atoms with Gasteiger partial charge in [-0.3, -0.25) is 4.79 Å². The van der Waals surface area contributed by atoms with Gasteiger partial charge in [-0.05, 0) is 20.8 Å². The van der Waals surface area contributed by atoms with E-state index in [-0.39, 0.29) is 5.97 Å². The zero-order chi connectivity index (χ0) is 14.1. The number of ether oxygens (including phenoxy) is 2. The molecule has 2 N–H and O–H groups in total. The Kier molecular flexibility index (Phi) is 24.2. The number of carbonyl (C=O) groups excluding carboxylic acids is 2. The summed E-state index contributed by atoms with van der Waals surface area (Å²) in [7, 11) is 0. The molecule has 0 aliphatic heterocycles. The van der Waals surface area contributed by atoms with Gasteiger partial charge >= 0.3 is 12.1 Å². The maximum absolute atomic E-state index is 10.6. The van der Waals surface area contributed by atoms with Gasteiger partial charge < -0.3 is 24.5 Å². The fourth-order valence-corrected chi connectivity index (χ4v) is 0.533. The van der Waals surface area contributed by atoms with Gasteiger partial charge in [0.25, 0.3) is 0 Å². The summed E-state index contributed by atoms with van der Waals surface area (Å²) in [6, 6.07) is 0. The monoisotopic (exact) mass is 252 g/mol. The lowest BCUT2D eigenvalue weighted by atomic mass is 10.5. The summed E-state index contributed by atoms with van der Waals surface area (Å²) in [6.07, 6.45) is -0.721. The van der Waals surface area contributed by atoms with Crippen LogP contribution in [0.15, 0.2) is 0 Å². The Bertz CT molecular complexity index is 187. The van der Waals surface area contributed by atoms with Crippen LogP contribution in [-0.2, 0) is 19.1 Å². The number of rotatable bonds is 5. The lowest BCUT2D eigenvalue weighted by Crippen LogP contribution is -2.07. The number of carbonyl (C=O) groups is 3. The van der Waals surface area contributed by atoms with Crippen molar-refractivity contribution in [3.05, 3.63) is 0 Å². The van der Waals surface area contributed by atoms with Crippen LogP contribution >= 0.6 is 0 Å². The number of aldehydes is 1. The molecule has 0 aromatic rings. The van der Waals surface area contributed by atoms with Gasteiger partial charge in [0.2, 0.25) is 0 Å². The molecule has 0 bridgehead atoms. The Morgan fingerprint density at radius 1 is 1.18 bits per heavy atom. The van der Waals surface area contributed by atoms with E-state index in [1.165, 1.54) is 6.92 Å². The molecule has 0 radical (unpaired) electrons. The van der Waals surface area contributed by atoms with Crippen LogP contribution in [0.2, 0.25) is 0 Å². The van der Waals surface area contributed by atoms with E-state index in [1.54, 1.807) is 6.92 Å². The quantitative estimate of drug-likeness (QED) is 0.432. The van der Waals surface area contributed by atoms with E-state index in [0.29, 0.717) is 26.2 Å². The van der Waals surface area contributed by atoms with Gasteiger partial charge in [0, 0.05) is 6.61 Å². The zero-order valence-electron chi connectivity index (χ0n) is 10.3. The fourth-order valence-electron chi connectivity index (χ4n) is 0.533. The van der Waals surface area contributed by atoms with Crippen LogP contribution in [-0.4, -0.2) is 48.4 Å². The number of carboxylic acid groups (broad SMARTS) is 2. The Morgan fingerprint density at radius 2 is 1.59 bits per heavy atom.